The molecule has 0 radical (unpaired) electrons. The fourth-order valence-corrected chi connectivity index (χ4v) is 4.59. The molecule has 0 aliphatic carbocycles. The smallest absolute Gasteiger partial charge is 0.243 e. The van der Waals surface area contributed by atoms with Crippen LogP contribution in [0.15, 0.2) is 72.8 Å². The maximum atomic E-state index is 13.1. The number of amidine groups is 1. The number of carbonyl (C=O) groups excluding carboxylic acids is 1. The van der Waals surface area contributed by atoms with E-state index in [9.17, 15) is 4.79 Å². The molecule has 0 bridgehead atoms. The van der Waals surface area contributed by atoms with E-state index in [4.69, 9.17) is 21.0 Å². The van der Waals surface area contributed by atoms with Crippen molar-refractivity contribution in [2.24, 2.45) is 5.73 Å². The molecule has 1 saturated heterocycles. The summed E-state index contributed by atoms with van der Waals surface area (Å²) in [6, 6.07) is 23.1. The van der Waals surface area contributed by atoms with Crippen molar-refractivity contribution in [3.05, 3.63) is 89.5 Å². The van der Waals surface area contributed by atoms with Crippen LogP contribution in [0.1, 0.15) is 35.4 Å². The SMILES string of the molecule is N=C(N)c1cccc(N(CC(=O)Nc2ccc(C3CCNCC3)cc2)Cc2cccc(OCCO)c2)c1. The van der Waals surface area contributed by atoms with Crippen LogP contribution in [0.4, 0.5) is 11.4 Å². The number of hydrogen-bond acceptors (Lipinski definition) is 6. The number of aliphatic hydroxyl groups is 1. The van der Waals surface area contributed by atoms with Gasteiger partial charge in [0.05, 0.1) is 13.2 Å². The van der Waals surface area contributed by atoms with E-state index < -0.39 is 0 Å². The number of hydrogen-bond donors (Lipinski definition) is 5. The molecule has 0 aromatic heterocycles. The number of ether oxygens (including phenoxy) is 1. The number of aliphatic hydroxyl groups excluding tert-OH is 1. The summed E-state index contributed by atoms with van der Waals surface area (Å²) in [7, 11) is 0. The number of rotatable bonds is 11. The summed E-state index contributed by atoms with van der Waals surface area (Å²) in [5.74, 6) is 1.05. The molecular weight excluding hydrogens is 466 g/mol. The third-order valence-corrected chi connectivity index (χ3v) is 6.49. The maximum absolute atomic E-state index is 13.1. The molecule has 3 aromatic carbocycles. The second-order valence-corrected chi connectivity index (χ2v) is 9.23. The number of nitrogens with zero attached hydrogens (tertiary/aromatic N) is 1. The van der Waals surface area contributed by atoms with Crippen LogP contribution in [0.3, 0.4) is 0 Å². The van der Waals surface area contributed by atoms with Gasteiger partial charge in [-0.2, -0.15) is 0 Å². The molecule has 1 aliphatic rings. The Morgan fingerprint density at radius 2 is 1.84 bits per heavy atom. The first-order valence-electron chi connectivity index (χ1n) is 12.6. The third-order valence-electron chi connectivity index (χ3n) is 6.49. The standard InChI is InChI=1S/C29H35N5O3/c30-29(31)24-4-2-5-26(18-24)34(19-21-3-1-6-27(17-21)37-16-15-35)20-28(36)33-25-9-7-22(8-10-25)23-11-13-32-14-12-23/h1-10,17-18,23,32,35H,11-16,19-20H2,(H3,30,31)(H,33,36). The first-order valence-corrected chi connectivity index (χ1v) is 12.6. The lowest BCUT2D eigenvalue weighted by atomic mass is 9.90. The molecule has 0 atom stereocenters. The van der Waals surface area contributed by atoms with Crippen LogP contribution in [0.25, 0.3) is 0 Å². The van der Waals surface area contributed by atoms with Crippen molar-refractivity contribution in [2.75, 3.05) is 43.1 Å². The molecule has 0 spiro atoms. The summed E-state index contributed by atoms with van der Waals surface area (Å²) >= 11 is 0. The van der Waals surface area contributed by atoms with Gasteiger partial charge in [-0.25, -0.2) is 0 Å². The molecule has 6 N–H and O–H groups in total. The minimum Gasteiger partial charge on any atom is -0.491 e. The van der Waals surface area contributed by atoms with Crippen LogP contribution in [-0.2, 0) is 11.3 Å². The van der Waals surface area contributed by atoms with Gasteiger partial charge in [0.1, 0.15) is 18.2 Å². The van der Waals surface area contributed by atoms with Crippen LogP contribution < -0.4 is 26.0 Å². The summed E-state index contributed by atoms with van der Waals surface area (Å²) in [5.41, 5.74) is 10.1. The van der Waals surface area contributed by atoms with Crippen molar-refractivity contribution in [3.8, 4) is 5.75 Å². The predicted molar refractivity (Wildman–Crippen MR) is 147 cm³/mol. The van der Waals surface area contributed by atoms with Gasteiger partial charge >= 0.3 is 0 Å². The Labute approximate surface area is 218 Å². The van der Waals surface area contributed by atoms with E-state index in [0.29, 0.717) is 23.8 Å². The zero-order valence-electron chi connectivity index (χ0n) is 21.0. The Morgan fingerprint density at radius 3 is 2.57 bits per heavy atom. The molecule has 1 aliphatic heterocycles. The second kappa shape index (κ2) is 12.9. The molecule has 8 heteroatoms. The average molecular weight is 502 g/mol. The van der Waals surface area contributed by atoms with Gasteiger partial charge in [-0.1, -0.05) is 36.4 Å². The lowest BCUT2D eigenvalue weighted by Crippen LogP contribution is -2.33. The molecule has 1 heterocycles. The largest absolute Gasteiger partial charge is 0.491 e. The number of nitrogens with two attached hydrogens (primary N) is 1. The van der Waals surface area contributed by atoms with E-state index in [1.54, 1.807) is 6.07 Å². The highest BCUT2D eigenvalue weighted by Crippen LogP contribution is 2.26. The Bertz CT molecular complexity index is 1190. The monoisotopic (exact) mass is 501 g/mol. The Hall–Kier alpha value is -3.88. The number of nitrogens with one attached hydrogen (secondary N) is 3. The number of nitrogen functional groups attached to an aromatic ring is 1. The van der Waals surface area contributed by atoms with Gasteiger partial charge < -0.3 is 31.1 Å². The fraction of sp³-hybridized carbons (Fsp3) is 0.310. The van der Waals surface area contributed by atoms with Crippen molar-refractivity contribution in [1.29, 1.82) is 5.41 Å². The molecule has 0 saturated carbocycles. The Kier molecular flexibility index (Phi) is 9.13. The highest BCUT2D eigenvalue weighted by atomic mass is 16.5. The zero-order chi connectivity index (χ0) is 26.0. The lowest BCUT2D eigenvalue weighted by Gasteiger charge is -2.25. The zero-order valence-corrected chi connectivity index (χ0v) is 21.0. The summed E-state index contributed by atoms with van der Waals surface area (Å²) in [4.78, 5) is 15.1. The molecule has 1 amide bonds. The third kappa shape index (κ3) is 7.55. The number of amides is 1. The van der Waals surface area contributed by atoms with Crippen LogP contribution in [0, 0.1) is 5.41 Å². The topological polar surface area (TPSA) is 124 Å². The van der Waals surface area contributed by atoms with Crippen molar-refractivity contribution in [3.63, 3.8) is 0 Å². The van der Waals surface area contributed by atoms with Crippen molar-refractivity contribution in [2.45, 2.75) is 25.3 Å². The molecule has 3 aromatic rings. The molecule has 194 valence electrons. The number of piperidine rings is 1. The summed E-state index contributed by atoms with van der Waals surface area (Å²) in [6.07, 6.45) is 2.26. The molecule has 1 fully saturated rings. The Balaban J connectivity index is 1.48. The van der Waals surface area contributed by atoms with E-state index >= 15 is 0 Å². The van der Waals surface area contributed by atoms with E-state index in [1.807, 2.05) is 59.5 Å². The van der Waals surface area contributed by atoms with Gasteiger partial charge in [0.15, 0.2) is 0 Å². The summed E-state index contributed by atoms with van der Waals surface area (Å²) in [5, 5.41) is 23.3. The van der Waals surface area contributed by atoms with Crippen LogP contribution in [-0.4, -0.2) is 49.7 Å². The quantitative estimate of drug-likeness (QED) is 0.203. The molecular formula is C29H35N5O3. The first-order chi connectivity index (χ1) is 18.0. The molecule has 37 heavy (non-hydrogen) atoms. The van der Waals surface area contributed by atoms with Crippen molar-refractivity contribution < 1.29 is 14.6 Å². The number of carbonyl (C=O) groups is 1. The second-order valence-electron chi connectivity index (χ2n) is 9.23. The highest BCUT2D eigenvalue weighted by Gasteiger charge is 2.17. The first kappa shape index (κ1) is 26.2. The van der Waals surface area contributed by atoms with Crippen molar-refractivity contribution in [1.82, 2.24) is 5.32 Å². The molecule has 0 unspecified atom stereocenters. The van der Waals surface area contributed by atoms with E-state index in [0.717, 1.165) is 42.9 Å². The van der Waals surface area contributed by atoms with Gasteiger partial charge in [0.2, 0.25) is 5.91 Å². The normalized spacial score (nSPS) is 13.6. The maximum Gasteiger partial charge on any atom is 0.243 e. The Morgan fingerprint density at radius 1 is 1.08 bits per heavy atom. The number of benzene rings is 3. The van der Waals surface area contributed by atoms with E-state index in [1.165, 1.54) is 5.56 Å². The van der Waals surface area contributed by atoms with Gasteiger partial charge in [-0.05, 0) is 79.4 Å². The predicted octanol–water partition coefficient (Wildman–Crippen LogP) is 3.45. The number of anilines is 2. The average Bonchev–Trinajstić information content (AvgIpc) is 2.93. The van der Waals surface area contributed by atoms with Gasteiger partial charge in [-0.3, -0.25) is 10.2 Å². The van der Waals surface area contributed by atoms with Gasteiger partial charge in [0.25, 0.3) is 0 Å². The van der Waals surface area contributed by atoms with E-state index in [-0.39, 0.29) is 31.5 Å². The van der Waals surface area contributed by atoms with Crippen molar-refractivity contribution >= 4 is 23.1 Å². The minimum atomic E-state index is -0.143. The molecule has 4 rings (SSSR count). The van der Waals surface area contributed by atoms with E-state index in [2.05, 4.69) is 22.8 Å². The summed E-state index contributed by atoms with van der Waals surface area (Å²) in [6.45, 7) is 2.79. The van der Waals surface area contributed by atoms with Crippen LogP contribution in [0.2, 0.25) is 0 Å². The summed E-state index contributed by atoms with van der Waals surface area (Å²) < 4.78 is 5.55. The molecule has 8 nitrogen and oxygen atoms in total. The fourth-order valence-electron chi connectivity index (χ4n) is 4.59. The van der Waals surface area contributed by atoms with Crippen LogP contribution >= 0.6 is 0 Å². The minimum absolute atomic E-state index is 0.0283. The lowest BCUT2D eigenvalue weighted by molar-refractivity contribution is -0.115. The van der Waals surface area contributed by atoms with Crippen LogP contribution in [0.5, 0.6) is 5.75 Å². The van der Waals surface area contributed by atoms with Gasteiger partial charge in [-0.15, -0.1) is 0 Å². The van der Waals surface area contributed by atoms with Gasteiger partial charge in [0, 0.05) is 23.5 Å². The highest BCUT2D eigenvalue weighted by molar-refractivity contribution is 5.97.